The van der Waals surface area contributed by atoms with Crippen LogP contribution >= 0.6 is 11.7 Å². The van der Waals surface area contributed by atoms with Crippen LogP contribution in [0, 0.1) is 0 Å². The molecule has 0 aliphatic carbocycles. The second kappa shape index (κ2) is 9.59. The molecule has 0 amide bonds. The highest BCUT2D eigenvalue weighted by Gasteiger charge is 2.07. The molecule has 0 radical (unpaired) electrons. The first-order valence-electron chi connectivity index (χ1n) is 4.27. The third-order valence-electron chi connectivity index (χ3n) is 1.30. The molecule has 0 saturated carbocycles. The van der Waals surface area contributed by atoms with E-state index in [9.17, 15) is 0 Å². The Morgan fingerprint density at radius 1 is 0.933 bits per heavy atom. The van der Waals surface area contributed by atoms with Crippen LogP contribution in [-0.4, -0.2) is 8.75 Å². The highest BCUT2D eigenvalue weighted by atomic mass is 32.1. The molecule has 0 aromatic carbocycles. The minimum atomic E-state index is 0. The maximum absolute atomic E-state index is 4.11. The summed E-state index contributed by atoms with van der Waals surface area (Å²) in [6.45, 7) is 15.4. The molecule has 0 fully saturated rings. The summed E-state index contributed by atoms with van der Waals surface area (Å²) in [6.07, 6.45) is 0. The number of nitrogens with zero attached hydrogens (tertiary/aromatic N) is 2. The van der Waals surface area contributed by atoms with E-state index in [2.05, 4.69) is 21.9 Å². The van der Waals surface area contributed by atoms with Gasteiger partial charge in [0, 0.05) is 0 Å². The normalized spacial score (nSPS) is 7.47. The fraction of sp³-hybridized carbons (Fsp3) is 0.500. The third kappa shape index (κ3) is 5.47. The van der Waals surface area contributed by atoms with Crippen molar-refractivity contribution >= 4 is 22.9 Å². The highest BCUT2D eigenvalue weighted by molar-refractivity contribution is 6.99. The van der Waals surface area contributed by atoms with Crippen molar-refractivity contribution in [1.29, 1.82) is 0 Å². The molecule has 1 aromatic heterocycles. The number of aromatic nitrogens is 2. The molecule has 15 heavy (non-hydrogen) atoms. The van der Waals surface area contributed by atoms with Gasteiger partial charge >= 0.3 is 0 Å². The Bertz CT molecular complexity index is 272. The van der Waals surface area contributed by atoms with Crippen molar-refractivity contribution in [1.82, 2.24) is 8.75 Å². The first-order valence-corrected chi connectivity index (χ1v) is 5.00. The van der Waals surface area contributed by atoms with Gasteiger partial charge in [0.05, 0.1) is 11.7 Å². The summed E-state index contributed by atoms with van der Waals surface area (Å²) in [5, 5.41) is 0. The second-order valence-electron chi connectivity index (χ2n) is 2.52. The molecule has 0 bridgehead atoms. The molecule has 0 aliphatic rings. The van der Waals surface area contributed by atoms with Crippen LogP contribution in [0.1, 0.15) is 53.9 Å². The molecule has 88 valence electrons. The van der Waals surface area contributed by atoms with E-state index in [0.29, 0.717) is 0 Å². The standard InChI is InChI=1S/C8H10N2S.C2H6.2CH4/c1-5(2)7-8(6(3)4)10-11-9-7;1-2;;/h1,3H2,2,4H3;1-2H3;2*1H4. The zero-order valence-corrected chi connectivity index (χ0v) is 9.53. The van der Waals surface area contributed by atoms with Gasteiger partial charge in [0.1, 0.15) is 11.4 Å². The van der Waals surface area contributed by atoms with Gasteiger partial charge in [-0.2, -0.15) is 8.75 Å². The van der Waals surface area contributed by atoms with Crippen molar-refractivity contribution in [3.63, 3.8) is 0 Å². The Hall–Kier alpha value is -0.960. The van der Waals surface area contributed by atoms with Crippen molar-refractivity contribution in [2.75, 3.05) is 0 Å². The lowest BCUT2D eigenvalue weighted by Gasteiger charge is -1.96. The van der Waals surface area contributed by atoms with E-state index in [1.54, 1.807) is 0 Å². The lowest BCUT2D eigenvalue weighted by atomic mass is 10.1. The molecule has 0 atom stereocenters. The van der Waals surface area contributed by atoms with Crippen molar-refractivity contribution in [2.45, 2.75) is 42.5 Å². The van der Waals surface area contributed by atoms with E-state index in [4.69, 9.17) is 0 Å². The number of hydrogen-bond acceptors (Lipinski definition) is 3. The predicted octanol–water partition coefficient (Wildman–Crippen LogP) is 4.90. The van der Waals surface area contributed by atoms with Gasteiger partial charge in [-0.1, -0.05) is 41.9 Å². The first kappa shape index (κ1) is 19.6. The lowest BCUT2D eigenvalue weighted by molar-refractivity contribution is 1.36. The second-order valence-corrected chi connectivity index (χ2v) is 3.05. The maximum atomic E-state index is 4.11. The quantitative estimate of drug-likeness (QED) is 0.719. The third-order valence-corrected chi connectivity index (χ3v) is 1.83. The number of allylic oxidation sites excluding steroid dienone is 2. The predicted molar refractivity (Wildman–Crippen MR) is 74.1 cm³/mol. The smallest absolute Gasteiger partial charge is 0.107 e. The maximum Gasteiger partial charge on any atom is 0.107 e. The van der Waals surface area contributed by atoms with E-state index >= 15 is 0 Å². The Balaban J connectivity index is -0.000000339. The summed E-state index contributed by atoms with van der Waals surface area (Å²) in [6, 6.07) is 0. The van der Waals surface area contributed by atoms with Gasteiger partial charge in [0.15, 0.2) is 0 Å². The average Bonchev–Trinajstić information content (AvgIpc) is 2.55. The van der Waals surface area contributed by atoms with E-state index < -0.39 is 0 Å². The molecule has 3 heteroatoms. The van der Waals surface area contributed by atoms with Crippen LogP contribution in [0.25, 0.3) is 11.1 Å². The van der Waals surface area contributed by atoms with Crippen LogP contribution in [0.4, 0.5) is 0 Å². The monoisotopic (exact) mass is 228 g/mol. The van der Waals surface area contributed by atoms with Gasteiger partial charge in [0.25, 0.3) is 0 Å². The summed E-state index contributed by atoms with van der Waals surface area (Å²) in [5.74, 6) is 0. The minimum Gasteiger partial charge on any atom is -0.173 e. The molecular formula is C12H24N2S. The Kier molecular flexibility index (Phi) is 12.5. The number of rotatable bonds is 2. The molecule has 0 aliphatic heterocycles. The summed E-state index contributed by atoms with van der Waals surface area (Å²) < 4.78 is 8.21. The van der Waals surface area contributed by atoms with Crippen molar-refractivity contribution in [2.24, 2.45) is 0 Å². The van der Waals surface area contributed by atoms with Crippen LogP contribution in [0.2, 0.25) is 0 Å². The van der Waals surface area contributed by atoms with Gasteiger partial charge in [-0.25, -0.2) is 0 Å². The molecule has 1 aromatic rings. The number of hydrogen-bond donors (Lipinski definition) is 0. The van der Waals surface area contributed by atoms with Gasteiger partial charge in [-0.15, -0.1) is 0 Å². The molecule has 2 nitrogen and oxygen atoms in total. The fourth-order valence-electron chi connectivity index (χ4n) is 0.749. The topological polar surface area (TPSA) is 25.8 Å². The SMILES string of the molecule is C.C.C=C(C)c1nsnc1C(=C)C.CC. The largest absolute Gasteiger partial charge is 0.173 e. The molecule has 0 saturated heterocycles. The van der Waals surface area contributed by atoms with Crippen molar-refractivity contribution in [3.05, 3.63) is 24.5 Å². The van der Waals surface area contributed by atoms with Gasteiger partial charge in [-0.05, 0) is 25.0 Å². The van der Waals surface area contributed by atoms with E-state index in [1.165, 1.54) is 11.7 Å². The van der Waals surface area contributed by atoms with Crippen LogP contribution in [-0.2, 0) is 0 Å². The van der Waals surface area contributed by atoms with Crippen molar-refractivity contribution in [3.8, 4) is 0 Å². The van der Waals surface area contributed by atoms with Gasteiger partial charge < -0.3 is 0 Å². The van der Waals surface area contributed by atoms with E-state index in [1.807, 2.05) is 27.7 Å². The van der Waals surface area contributed by atoms with Crippen molar-refractivity contribution < 1.29 is 0 Å². The Morgan fingerprint density at radius 3 is 1.40 bits per heavy atom. The highest BCUT2D eigenvalue weighted by Crippen LogP contribution is 2.20. The molecule has 0 spiro atoms. The van der Waals surface area contributed by atoms with Crippen LogP contribution in [0.5, 0.6) is 0 Å². The molecule has 1 rings (SSSR count). The molecule has 0 N–H and O–H groups in total. The minimum absolute atomic E-state index is 0. The Labute approximate surface area is 99.1 Å². The summed E-state index contributed by atoms with van der Waals surface area (Å²) in [7, 11) is 0. The average molecular weight is 228 g/mol. The van der Waals surface area contributed by atoms with Gasteiger partial charge in [0.2, 0.25) is 0 Å². The van der Waals surface area contributed by atoms with E-state index in [0.717, 1.165) is 22.5 Å². The molecule has 1 heterocycles. The fourth-order valence-corrected chi connectivity index (χ4v) is 1.44. The van der Waals surface area contributed by atoms with Crippen LogP contribution in [0.15, 0.2) is 13.2 Å². The Morgan fingerprint density at radius 2 is 1.20 bits per heavy atom. The van der Waals surface area contributed by atoms with Gasteiger partial charge in [-0.3, -0.25) is 0 Å². The zero-order valence-electron chi connectivity index (χ0n) is 8.72. The van der Waals surface area contributed by atoms with E-state index in [-0.39, 0.29) is 14.9 Å². The summed E-state index contributed by atoms with van der Waals surface area (Å²) >= 11 is 1.20. The summed E-state index contributed by atoms with van der Waals surface area (Å²) in [4.78, 5) is 0. The molecular weight excluding hydrogens is 204 g/mol. The molecule has 0 unspecified atom stereocenters. The zero-order chi connectivity index (χ0) is 10.4. The first-order chi connectivity index (χ1) is 6.13. The summed E-state index contributed by atoms with van der Waals surface area (Å²) in [5.41, 5.74) is 3.64. The van der Waals surface area contributed by atoms with Crippen LogP contribution in [0.3, 0.4) is 0 Å². The lowest BCUT2D eigenvalue weighted by Crippen LogP contribution is -1.85. The van der Waals surface area contributed by atoms with Crippen LogP contribution < -0.4 is 0 Å².